The lowest BCUT2D eigenvalue weighted by Gasteiger charge is -2.22. The molecule has 0 aromatic heterocycles. The fourth-order valence-corrected chi connectivity index (χ4v) is 1.63. The number of hydrogen-bond donors (Lipinski definition) is 2. The zero-order chi connectivity index (χ0) is 11.4. The summed E-state index contributed by atoms with van der Waals surface area (Å²) in [4.78, 5) is 22.2. The number of nitrogens with one attached hydrogen (secondary N) is 2. The lowest BCUT2D eigenvalue weighted by molar-refractivity contribution is -0.145. The van der Waals surface area contributed by atoms with Crippen LogP contribution in [0.15, 0.2) is 0 Å². The van der Waals surface area contributed by atoms with E-state index in [9.17, 15) is 9.59 Å². The SMILES string of the molecule is COC(=O)C(C)C(C)NC1CNC(=O)C1. The molecule has 1 saturated heterocycles. The Morgan fingerprint density at radius 1 is 1.60 bits per heavy atom. The van der Waals surface area contributed by atoms with E-state index in [4.69, 9.17) is 0 Å². The third-order valence-electron chi connectivity index (χ3n) is 2.80. The first kappa shape index (κ1) is 12.0. The van der Waals surface area contributed by atoms with Crippen LogP contribution in [-0.4, -0.2) is 37.6 Å². The molecule has 3 unspecified atom stereocenters. The zero-order valence-electron chi connectivity index (χ0n) is 9.37. The largest absolute Gasteiger partial charge is 0.469 e. The Bertz CT molecular complexity index is 255. The predicted octanol–water partition coefficient (Wildman–Crippen LogP) is -0.338. The van der Waals surface area contributed by atoms with E-state index in [1.54, 1.807) is 0 Å². The van der Waals surface area contributed by atoms with Crippen LogP contribution >= 0.6 is 0 Å². The summed E-state index contributed by atoms with van der Waals surface area (Å²) in [5.41, 5.74) is 0. The summed E-state index contributed by atoms with van der Waals surface area (Å²) in [6.45, 7) is 4.37. The van der Waals surface area contributed by atoms with E-state index < -0.39 is 0 Å². The highest BCUT2D eigenvalue weighted by molar-refractivity contribution is 5.79. The molecule has 1 rings (SSSR count). The van der Waals surface area contributed by atoms with Crippen LogP contribution in [0.1, 0.15) is 20.3 Å². The molecule has 1 aliphatic heterocycles. The molecule has 0 bridgehead atoms. The van der Waals surface area contributed by atoms with Gasteiger partial charge in [-0.2, -0.15) is 0 Å². The number of rotatable bonds is 4. The third-order valence-corrected chi connectivity index (χ3v) is 2.80. The van der Waals surface area contributed by atoms with Crippen molar-refractivity contribution in [3.05, 3.63) is 0 Å². The maximum absolute atomic E-state index is 11.2. The van der Waals surface area contributed by atoms with Crippen LogP contribution in [0.25, 0.3) is 0 Å². The molecule has 0 spiro atoms. The summed E-state index contributed by atoms with van der Waals surface area (Å²) in [6, 6.07) is 0.134. The van der Waals surface area contributed by atoms with Gasteiger partial charge in [-0.1, -0.05) is 6.92 Å². The second-order valence-corrected chi connectivity index (χ2v) is 3.97. The van der Waals surface area contributed by atoms with Crippen molar-refractivity contribution in [2.45, 2.75) is 32.4 Å². The van der Waals surface area contributed by atoms with Crippen LogP contribution in [0.4, 0.5) is 0 Å². The van der Waals surface area contributed by atoms with Crippen LogP contribution in [0.5, 0.6) is 0 Å². The minimum atomic E-state index is -0.229. The van der Waals surface area contributed by atoms with E-state index in [0.717, 1.165) is 0 Å². The Hall–Kier alpha value is -1.10. The molecule has 5 heteroatoms. The van der Waals surface area contributed by atoms with Crippen LogP contribution in [0, 0.1) is 5.92 Å². The quantitative estimate of drug-likeness (QED) is 0.628. The van der Waals surface area contributed by atoms with Gasteiger partial charge in [0.15, 0.2) is 0 Å². The van der Waals surface area contributed by atoms with Gasteiger partial charge < -0.3 is 15.4 Å². The third kappa shape index (κ3) is 3.20. The normalized spacial score (nSPS) is 24.5. The van der Waals surface area contributed by atoms with Crippen molar-refractivity contribution in [3.8, 4) is 0 Å². The molecule has 1 fully saturated rings. The highest BCUT2D eigenvalue weighted by atomic mass is 16.5. The van der Waals surface area contributed by atoms with Gasteiger partial charge in [0.1, 0.15) is 0 Å². The summed E-state index contributed by atoms with van der Waals surface area (Å²) >= 11 is 0. The van der Waals surface area contributed by atoms with Crippen molar-refractivity contribution < 1.29 is 14.3 Å². The van der Waals surface area contributed by atoms with Crippen LogP contribution < -0.4 is 10.6 Å². The Morgan fingerprint density at radius 3 is 2.73 bits per heavy atom. The van der Waals surface area contributed by atoms with Gasteiger partial charge in [0.2, 0.25) is 5.91 Å². The Balaban J connectivity index is 2.37. The van der Waals surface area contributed by atoms with Crippen molar-refractivity contribution in [3.63, 3.8) is 0 Å². The fraction of sp³-hybridized carbons (Fsp3) is 0.800. The first-order valence-corrected chi connectivity index (χ1v) is 5.15. The molecule has 0 aliphatic carbocycles. The number of hydrogen-bond acceptors (Lipinski definition) is 4. The Kier molecular flexibility index (Phi) is 4.08. The minimum absolute atomic E-state index is 0.00940. The standard InChI is InChI=1S/C10H18N2O3/c1-6(10(14)15-3)7(2)12-8-4-9(13)11-5-8/h6-8,12H,4-5H2,1-3H3,(H,11,13). The Morgan fingerprint density at radius 2 is 2.27 bits per heavy atom. The van der Waals surface area contributed by atoms with Crippen molar-refractivity contribution >= 4 is 11.9 Å². The number of esters is 1. The van der Waals surface area contributed by atoms with Gasteiger partial charge in [0.25, 0.3) is 0 Å². The van der Waals surface area contributed by atoms with Crippen LogP contribution in [-0.2, 0) is 14.3 Å². The molecule has 1 heterocycles. The second-order valence-electron chi connectivity index (χ2n) is 3.97. The van der Waals surface area contributed by atoms with Crippen molar-refractivity contribution in [2.24, 2.45) is 5.92 Å². The van der Waals surface area contributed by atoms with Crippen LogP contribution in [0.2, 0.25) is 0 Å². The topological polar surface area (TPSA) is 67.4 Å². The van der Waals surface area contributed by atoms with E-state index >= 15 is 0 Å². The average Bonchev–Trinajstić information content (AvgIpc) is 2.61. The lowest BCUT2D eigenvalue weighted by Crippen LogP contribution is -2.43. The molecule has 3 atom stereocenters. The summed E-state index contributed by atoms with van der Waals surface area (Å²) in [5.74, 6) is -0.372. The fourth-order valence-electron chi connectivity index (χ4n) is 1.63. The summed E-state index contributed by atoms with van der Waals surface area (Å²) in [5, 5.41) is 5.98. The van der Waals surface area contributed by atoms with Gasteiger partial charge in [-0.25, -0.2) is 0 Å². The smallest absolute Gasteiger partial charge is 0.309 e. The molecule has 86 valence electrons. The van der Waals surface area contributed by atoms with E-state index in [2.05, 4.69) is 15.4 Å². The minimum Gasteiger partial charge on any atom is -0.469 e. The highest BCUT2D eigenvalue weighted by Crippen LogP contribution is 2.08. The maximum atomic E-state index is 11.2. The van der Waals surface area contributed by atoms with Gasteiger partial charge in [0, 0.05) is 25.0 Å². The summed E-state index contributed by atoms with van der Waals surface area (Å²) < 4.78 is 4.66. The van der Waals surface area contributed by atoms with E-state index in [1.807, 2.05) is 13.8 Å². The first-order chi connectivity index (χ1) is 7.04. The molecular formula is C10H18N2O3. The molecule has 5 nitrogen and oxygen atoms in total. The first-order valence-electron chi connectivity index (χ1n) is 5.15. The number of carbonyl (C=O) groups excluding carboxylic acids is 2. The van der Waals surface area contributed by atoms with Crippen molar-refractivity contribution in [1.82, 2.24) is 10.6 Å². The second kappa shape index (κ2) is 5.11. The van der Waals surface area contributed by atoms with Gasteiger partial charge in [-0.15, -0.1) is 0 Å². The Labute approximate surface area is 89.6 Å². The predicted molar refractivity (Wildman–Crippen MR) is 55.2 cm³/mol. The highest BCUT2D eigenvalue weighted by Gasteiger charge is 2.27. The number of methoxy groups -OCH3 is 1. The molecule has 0 saturated carbocycles. The van der Waals surface area contributed by atoms with Gasteiger partial charge in [0.05, 0.1) is 13.0 Å². The van der Waals surface area contributed by atoms with Crippen molar-refractivity contribution in [1.29, 1.82) is 0 Å². The average molecular weight is 214 g/mol. The molecule has 0 aromatic carbocycles. The molecule has 2 N–H and O–H groups in total. The van der Waals surface area contributed by atoms with Gasteiger partial charge >= 0.3 is 5.97 Å². The lowest BCUT2D eigenvalue weighted by atomic mass is 10.0. The zero-order valence-corrected chi connectivity index (χ0v) is 9.37. The molecule has 0 radical (unpaired) electrons. The molecule has 0 aromatic rings. The molecular weight excluding hydrogens is 196 g/mol. The van der Waals surface area contributed by atoms with E-state index in [-0.39, 0.29) is 29.9 Å². The van der Waals surface area contributed by atoms with E-state index in [1.165, 1.54) is 7.11 Å². The monoisotopic (exact) mass is 214 g/mol. The van der Waals surface area contributed by atoms with Gasteiger partial charge in [-0.3, -0.25) is 9.59 Å². The summed E-state index contributed by atoms with van der Waals surface area (Å²) in [7, 11) is 1.38. The van der Waals surface area contributed by atoms with Crippen LogP contribution in [0.3, 0.4) is 0 Å². The van der Waals surface area contributed by atoms with E-state index in [0.29, 0.717) is 13.0 Å². The molecule has 1 amide bonds. The summed E-state index contributed by atoms with van der Waals surface area (Å²) in [6.07, 6.45) is 0.484. The van der Waals surface area contributed by atoms with Crippen molar-refractivity contribution in [2.75, 3.05) is 13.7 Å². The molecule has 15 heavy (non-hydrogen) atoms. The number of amides is 1. The number of ether oxygens (including phenoxy) is 1. The molecule has 1 aliphatic rings. The van der Waals surface area contributed by atoms with Gasteiger partial charge in [-0.05, 0) is 6.92 Å². The number of carbonyl (C=O) groups is 2. The maximum Gasteiger partial charge on any atom is 0.309 e.